The van der Waals surface area contributed by atoms with Crippen LogP contribution in [0.3, 0.4) is 0 Å². The summed E-state index contributed by atoms with van der Waals surface area (Å²) in [5, 5.41) is 9.65. The van der Waals surface area contributed by atoms with Gasteiger partial charge in [0.2, 0.25) is 0 Å². The number of methoxy groups -OCH3 is 1. The maximum atomic E-state index is 13.8. The third-order valence-corrected chi connectivity index (χ3v) is 5.61. The number of benzene rings is 2. The van der Waals surface area contributed by atoms with E-state index in [0.717, 1.165) is 15.4 Å². The molecule has 0 radical (unpaired) electrons. The number of nitrogens with one attached hydrogen (secondary N) is 2. The zero-order valence-corrected chi connectivity index (χ0v) is 17.9. The number of ether oxygens (including phenoxy) is 1. The summed E-state index contributed by atoms with van der Waals surface area (Å²) in [5.41, 5.74) is 1.17. The van der Waals surface area contributed by atoms with E-state index in [0.29, 0.717) is 17.0 Å². The molecule has 6 nitrogen and oxygen atoms in total. The van der Waals surface area contributed by atoms with E-state index in [4.69, 9.17) is 4.74 Å². The monoisotopic (exact) mass is 494 g/mol. The average molecular weight is 495 g/mol. The second kappa shape index (κ2) is 8.26. The second-order valence-corrected chi connectivity index (χ2v) is 7.99. The predicted octanol–water partition coefficient (Wildman–Crippen LogP) is 5.57. The van der Waals surface area contributed by atoms with Crippen molar-refractivity contribution in [2.75, 3.05) is 17.7 Å². The predicted molar refractivity (Wildman–Crippen MR) is 113 cm³/mol. The molecule has 0 unspecified atom stereocenters. The number of hydrogen-bond donors (Lipinski definition) is 2. The molecule has 4 rings (SSSR count). The maximum absolute atomic E-state index is 13.8. The minimum Gasteiger partial charge on any atom is -0.497 e. The van der Waals surface area contributed by atoms with Crippen molar-refractivity contribution in [2.45, 2.75) is 24.7 Å². The van der Waals surface area contributed by atoms with E-state index < -0.39 is 24.2 Å². The highest BCUT2D eigenvalue weighted by molar-refractivity contribution is 9.10. The van der Waals surface area contributed by atoms with Crippen molar-refractivity contribution >= 4 is 33.3 Å². The topological polar surface area (TPSA) is 68.2 Å². The lowest BCUT2D eigenvalue weighted by atomic mass is 9.96. The lowest BCUT2D eigenvalue weighted by Crippen LogP contribution is -2.36. The number of alkyl halides is 3. The smallest absolute Gasteiger partial charge is 0.410 e. The van der Waals surface area contributed by atoms with E-state index >= 15 is 0 Å². The van der Waals surface area contributed by atoms with Gasteiger partial charge in [0.25, 0.3) is 5.91 Å². The minimum absolute atomic E-state index is 0.0241. The number of anilines is 2. The number of carbonyl (C=O) groups excluding carboxylic acids is 1. The fourth-order valence-corrected chi connectivity index (χ4v) is 3.80. The highest BCUT2D eigenvalue weighted by Gasteiger charge is 2.47. The summed E-state index contributed by atoms with van der Waals surface area (Å²) in [6, 6.07) is 11.2. The lowest BCUT2D eigenvalue weighted by molar-refractivity contribution is -0.173. The quantitative estimate of drug-likeness (QED) is 0.497. The normalized spacial score (nSPS) is 18.1. The molecular formula is C21H18BrF3N4O2. The largest absolute Gasteiger partial charge is 0.497 e. The Morgan fingerprint density at radius 2 is 2.00 bits per heavy atom. The molecule has 0 spiro atoms. The van der Waals surface area contributed by atoms with Crippen LogP contribution in [0.25, 0.3) is 0 Å². The van der Waals surface area contributed by atoms with Crippen LogP contribution in [0.2, 0.25) is 0 Å². The van der Waals surface area contributed by atoms with Crippen molar-refractivity contribution in [3.8, 4) is 5.75 Å². The Morgan fingerprint density at radius 1 is 1.26 bits per heavy atom. The SMILES string of the molecule is COc1cccc([C@H]2C[C@@H](C(F)(F)F)n3ncc(C(=O)Nc4ccc(Br)cc4)c3N2)c1. The van der Waals surface area contributed by atoms with E-state index in [-0.39, 0.29) is 17.8 Å². The molecule has 0 saturated carbocycles. The van der Waals surface area contributed by atoms with E-state index in [2.05, 4.69) is 31.7 Å². The number of carbonyl (C=O) groups is 1. The zero-order chi connectivity index (χ0) is 22.2. The Bertz CT molecular complexity index is 1100. The van der Waals surface area contributed by atoms with Crippen LogP contribution in [0.1, 0.15) is 34.4 Å². The van der Waals surface area contributed by atoms with Gasteiger partial charge in [-0.1, -0.05) is 28.1 Å². The van der Waals surface area contributed by atoms with Crippen LogP contribution in [0.5, 0.6) is 5.75 Å². The molecule has 2 N–H and O–H groups in total. The molecular weight excluding hydrogens is 477 g/mol. The fraction of sp³-hybridized carbons (Fsp3) is 0.238. The standard InChI is InChI=1S/C21H18BrF3N4O2/c1-31-15-4-2-3-12(9-15)17-10-18(21(23,24)25)29-19(28-17)16(11-26-29)20(30)27-14-7-5-13(22)6-8-14/h2-9,11,17-18,28H,10H2,1H3,(H,27,30)/t17-,18+/m1/s1. The molecule has 2 aromatic carbocycles. The fourth-order valence-electron chi connectivity index (χ4n) is 3.54. The number of halogens is 4. The Kier molecular flexibility index (Phi) is 5.65. The first-order chi connectivity index (χ1) is 14.8. The number of amides is 1. The van der Waals surface area contributed by atoms with Gasteiger partial charge in [0, 0.05) is 16.6 Å². The van der Waals surface area contributed by atoms with Gasteiger partial charge < -0.3 is 15.4 Å². The third-order valence-electron chi connectivity index (χ3n) is 5.08. The molecule has 1 aliphatic rings. The molecule has 31 heavy (non-hydrogen) atoms. The van der Waals surface area contributed by atoms with Crippen LogP contribution in [0, 0.1) is 0 Å². The molecule has 10 heteroatoms. The maximum Gasteiger partial charge on any atom is 0.410 e. The molecule has 2 atom stereocenters. The van der Waals surface area contributed by atoms with Gasteiger partial charge in [0.15, 0.2) is 6.04 Å². The lowest BCUT2D eigenvalue weighted by Gasteiger charge is -2.34. The molecule has 162 valence electrons. The Balaban J connectivity index is 1.68. The van der Waals surface area contributed by atoms with Gasteiger partial charge in [-0.3, -0.25) is 4.79 Å². The van der Waals surface area contributed by atoms with Gasteiger partial charge in [-0.2, -0.15) is 18.3 Å². The second-order valence-electron chi connectivity index (χ2n) is 7.08. The van der Waals surface area contributed by atoms with E-state index in [1.165, 1.54) is 7.11 Å². The van der Waals surface area contributed by atoms with Crippen LogP contribution < -0.4 is 15.4 Å². The van der Waals surface area contributed by atoms with Gasteiger partial charge in [0.1, 0.15) is 17.1 Å². The van der Waals surface area contributed by atoms with Gasteiger partial charge in [-0.15, -0.1) is 0 Å². The van der Waals surface area contributed by atoms with Crippen molar-refractivity contribution in [1.29, 1.82) is 0 Å². The first-order valence-corrected chi connectivity index (χ1v) is 10.2. The summed E-state index contributed by atoms with van der Waals surface area (Å²) in [6.07, 6.45) is -3.64. The van der Waals surface area contributed by atoms with Crippen LogP contribution in [0.4, 0.5) is 24.7 Å². The van der Waals surface area contributed by atoms with Gasteiger partial charge in [0.05, 0.1) is 19.3 Å². The van der Waals surface area contributed by atoms with Gasteiger partial charge in [-0.25, -0.2) is 4.68 Å². The number of nitrogens with zero attached hydrogens (tertiary/aromatic N) is 2. The number of fused-ring (bicyclic) bond motifs is 1. The van der Waals surface area contributed by atoms with Crippen molar-refractivity contribution < 1.29 is 22.7 Å². The summed E-state index contributed by atoms with van der Waals surface area (Å²) in [7, 11) is 1.49. The molecule has 0 aliphatic carbocycles. The minimum atomic E-state index is -4.53. The Morgan fingerprint density at radius 3 is 2.68 bits per heavy atom. The zero-order valence-electron chi connectivity index (χ0n) is 16.3. The van der Waals surface area contributed by atoms with Crippen molar-refractivity contribution in [2.24, 2.45) is 0 Å². The van der Waals surface area contributed by atoms with Crippen molar-refractivity contribution in [3.05, 3.63) is 70.3 Å². The van der Waals surface area contributed by atoms with Crippen LogP contribution in [-0.4, -0.2) is 29.0 Å². The summed E-state index contributed by atoms with van der Waals surface area (Å²) in [6.45, 7) is 0. The highest BCUT2D eigenvalue weighted by Crippen LogP contribution is 2.44. The third kappa shape index (κ3) is 4.39. The van der Waals surface area contributed by atoms with E-state index in [9.17, 15) is 18.0 Å². The first kappa shape index (κ1) is 21.2. The van der Waals surface area contributed by atoms with Crippen LogP contribution in [-0.2, 0) is 0 Å². The molecule has 3 aromatic rings. The van der Waals surface area contributed by atoms with E-state index in [1.807, 2.05) is 0 Å². The van der Waals surface area contributed by atoms with Gasteiger partial charge in [-0.05, 0) is 42.0 Å². The Hall–Kier alpha value is -3.01. The average Bonchev–Trinajstić information content (AvgIpc) is 3.18. The summed E-state index contributed by atoms with van der Waals surface area (Å²) in [4.78, 5) is 12.8. The number of rotatable bonds is 4. The number of hydrogen-bond acceptors (Lipinski definition) is 4. The molecule has 0 bridgehead atoms. The number of aromatic nitrogens is 2. The molecule has 1 aromatic heterocycles. The van der Waals surface area contributed by atoms with Crippen LogP contribution in [0.15, 0.2) is 59.2 Å². The highest BCUT2D eigenvalue weighted by atomic mass is 79.9. The molecule has 0 saturated heterocycles. The first-order valence-electron chi connectivity index (χ1n) is 9.38. The van der Waals surface area contributed by atoms with Gasteiger partial charge >= 0.3 is 6.18 Å². The molecule has 1 aliphatic heterocycles. The molecule has 1 amide bonds. The summed E-state index contributed by atoms with van der Waals surface area (Å²) >= 11 is 3.31. The molecule has 2 heterocycles. The van der Waals surface area contributed by atoms with Crippen LogP contribution >= 0.6 is 15.9 Å². The van der Waals surface area contributed by atoms with Crippen molar-refractivity contribution in [1.82, 2.24) is 9.78 Å². The summed E-state index contributed by atoms with van der Waals surface area (Å²) < 4.78 is 48.4. The van der Waals surface area contributed by atoms with Crippen molar-refractivity contribution in [3.63, 3.8) is 0 Å². The summed E-state index contributed by atoms with van der Waals surface area (Å²) in [5.74, 6) is 0.00874. The van der Waals surface area contributed by atoms with E-state index in [1.54, 1.807) is 48.5 Å². The molecule has 0 fully saturated rings. The Labute approximate surface area is 184 Å².